The number of aromatic nitrogens is 2. The topological polar surface area (TPSA) is 38.0 Å². The fourth-order valence-corrected chi connectivity index (χ4v) is 0.952. The number of nitrogens with zero attached hydrogens (tertiary/aromatic N) is 2. The molecule has 50 valence electrons. The molecule has 0 unspecified atom stereocenters. The van der Waals surface area contributed by atoms with Crippen LogP contribution in [-0.4, -0.2) is 14.9 Å². The predicted molar refractivity (Wildman–Crippen MR) is 36.9 cm³/mol. The SMILES string of the molecule is On1ccc2cccnc21. The summed E-state index contributed by atoms with van der Waals surface area (Å²) >= 11 is 0. The second kappa shape index (κ2) is 1.73. The summed E-state index contributed by atoms with van der Waals surface area (Å²) in [5.74, 6) is 0. The van der Waals surface area contributed by atoms with Gasteiger partial charge in [0.25, 0.3) is 0 Å². The van der Waals surface area contributed by atoms with E-state index in [2.05, 4.69) is 4.98 Å². The van der Waals surface area contributed by atoms with Crippen molar-refractivity contribution in [3.05, 3.63) is 30.6 Å². The lowest BCUT2D eigenvalue weighted by Gasteiger charge is -1.90. The lowest BCUT2D eigenvalue weighted by Crippen LogP contribution is -1.87. The van der Waals surface area contributed by atoms with Gasteiger partial charge in [-0.2, -0.15) is 4.73 Å². The Balaban J connectivity index is 2.93. The highest BCUT2D eigenvalue weighted by Crippen LogP contribution is 2.09. The lowest BCUT2D eigenvalue weighted by atomic mass is 10.3. The number of pyridine rings is 1. The standard InChI is InChI=1S/C7H6N2O/c10-9-5-3-6-2-1-4-8-7(6)9/h1-5,10H. The second-order valence-corrected chi connectivity index (χ2v) is 2.08. The molecule has 0 amide bonds. The van der Waals surface area contributed by atoms with Crippen molar-refractivity contribution in [1.29, 1.82) is 0 Å². The van der Waals surface area contributed by atoms with Crippen molar-refractivity contribution in [2.75, 3.05) is 0 Å². The Kier molecular flexibility index (Phi) is 0.917. The van der Waals surface area contributed by atoms with Crippen LogP contribution < -0.4 is 0 Å². The van der Waals surface area contributed by atoms with E-state index < -0.39 is 0 Å². The third-order valence-corrected chi connectivity index (χ3v) is 1.43. The van der Waals surface area contributed by atoms with Crippen molar-refractivity contribution < 1.29 is 5.21 Å². The monoisotopic (exact) mass is 134 g/mol. The molecule has 2 aromatic heterocycles. The van der Waals surface area contributed by atoms with Gasteiger partial charge < -0.3 is 5.21 Å². The third kappa shape index (κ3) is 0.572. The van der Waals surface area contributed by atoms with Crippen molar-refractivity contribution in [3.63, 3.8) is 0 Å². The van der Waals surface area contributed by atoms with Crippen LogP contribution in [0.15, 0.2) is 30.6 Å². The molecule has 1 N–H and O–H groups in total. The third-order valence-electron chi connectivity index (χ3n) is 1.43. The summed E-state index contributed by atoms with van der Waals surface area (Å²) in [5, 5.41) is 10.0. The van der Waals surface area contributed by atoms with Crippen LogP contribution in [0, 0.1) is 0 Å². The highest BCUT2D eigenvalue weighted by molar-refractivity contribution is 5.75. The Bertz CT molecular complexity index is 353. The van der Waals surface area contributed by atoms with Gasteiger partial charge in [0.1, 0.15) is 0 Å². The minimum absolute atomic E-state index is 0.600. The average Bonchev–Trinajstić information content (AvgIpc) is 2.34. The maximum absolute atomic E-state index is 9.07. The molecular weight excluding hydrogens is 128 g/mol. The van der Waals surface area contributed by atoms with Gasteiger partial charge in [0, 0.05) is 17.8 Å². The summed E-state index contributed by atoms with van der Waals surface area (Å²) in [4.78, 5) is 3.95. The first-order valence-electron chi connectivity index (χ1n) is 2.99. The number of hydrogen-bond donors (Lipinski definition) is 1. The van der Waals surface area contributed by atoms with Crippen molar-refractivity contribution in [1.82, 2.24) is 9.71 Å². The predicted octanol–water partition coefficient (Wildman–Crippen LogP) is 1.27. The fraction of sp³-hybridized carbons (Fsp3) is 0. The van der Waals surface area contributed by atoms with Crippen LogP contribution in [-0.2, 0) is 0 Å². The number of rotatable bonds is 0. The fourth-order valence-electron chi connectivity index (χ4n) is 0.952. The van der Waals surface area contributed by atoms with E-state index in [-0.39, 0.29) is 0 Å². The highest BCUT2D eigenvalue weighted by atomic mass is 16.5. The van der Waals surface area contributed by atoms with Crippen LogP contribution >= 0.6 is 0 Å². The Morgan fingerprint density at radius 3 is 3.10 bits per heavy atom. The molecule has 0 saturated carbocycles. The molecule has 0 spiro atoms. The summed E-state index contributed by atoms with van der Waals surface area (Å²) in [5.41, 5.74) is 0.600. The van der Waals surface area contributed by atoms with Gasteiger partial charge in [-0.15, -0.1) is 0 Å². The molecule has 10 heavy (non-hydrogen) atoms. The average molecular weight is 134 g/mol. The Labute approximate surface area is 57.5 Å². The van der Waals surface area contributed by atoms with Gasteiger partial charge >= 0.3 is 0 Å². The molecule has 0 bridgehead atoms. The van der Waals surface area contributed by atoms with E-state index >= 15 is 0 Å². The Morgan fingerprint density at radius 1 is 1.40 bits per heavy atom. The zero-order valence-electron chi connectivity index (χ0n) is 5.23. The molecular formula is C7H6N2O. The number of hydrogen-bond acceptors (Lipinski definition) is 2. The second-order valence-electron chi connectivity index (χ2n) is 2.08. The maximum atomic E-state index is 9.07. The van der Waals surface area contributed by atoms with Crippen LogP contribution in [0.4, 0.5) is 0 Å². The molecule has 0 atom stereocenters. The van der Waals surface area contributed by atoms with Crippen molar-refractivity contribution in [2.45, 2.75) is 0 Å². The zero-order chi connectivity index (χ0) is 6.97. The van der Waals surface area contributed by atoms with E-state index in [1.807, 2.05) is 18.2 Å². The summed E-state index contributed by atoms with van der Waals surface area (Å²) < 4.78 is 1.01. The van der Waals surface area contributed by atoms with E-state index in [1.54, 1.807) is 12.4 Å². The van der Waals surface area contributed by atoms with E-state index in [0.29, 0.717) is 5.65 Å². The van der Waals surface area contributed by atoms with Gasteiger partial charge in [-0.25, -0.2) is 4.98 Å². The molecule has 0 aliphatic heterocycles. The van der Waals surface area contributed by atoms with Crippen molar-refractivity contribution in [2.24, 2.45) is 0 Å². The zero-order valence-corrected chi connectivity index (χ0v) is 5.23. The smallest absolute Gasteiger partial charge is 0.175 e. The first-order valence-corrected chi connectivity index (χ1v) is 2.99. The molecule has 0 aliphatic rings. The largest absolute Gasteiger partial charge is 0.427 e. The normalized spacial score (nSPS) is 10.4. The van der Waals surface area contributed by atoms with E-state index in [1.165, 1.54) is 0 Å². The molecule has 2 heterocycles. The summed E-state index contributed by atoms with van der Waals surface area (Å²) in [6, 6.07) is 5.54. The first kappa shape index (κ1) is 5.29. The molecule has 0 saturated heterocycles. The molecule has 0 aliphatic carbocycles. The molecule has 2 rings (SSSR count). The minimum Gasteiger partial charge on any atom is -0.427 e. The van der Waals surface area contributed by atoms with Crippen LogP contribution in [0.5, 0.6) is 0 Å². The Morgan fingerprint density at radius 2 is 2.30 bits per heavy atom. The van der Waals surface area contributed by atoms with Crippen LogP contribution in [0.3, 0.4) is 0 Å². The molecule has 0 aromatic carbocycles. The molecule has 2 aromatic rings. The Hall–Kier alpha value is -1.51. The highest BCUT2D eigenvalue weighted by Gasteiger charge is 1.96. The van der Waals surface area contributed by atoms with Gasteiger partial charge in [0.05, 0.1) is 0 Å². The van der Waals surface area contributed by atoms with Crippen molar-refractivity contribution >= 4 is 11.0 Å². The van der Waals surface area contributed by atoms with Gasteiger partial charge in [-0.3, -0.25) is 0 Å². The van der Waals surface area contributed by atoms with Gasteiger partial charge in [-0.1, -0.05) is 0 Å². The van der Waals surface area contributed by atoms with Crippen LogP contribution in [0.2, 0.25) is 0 Å². The van der Waals surface area contributed by atoms with Gasteiger partial charge in [-0.05, 0) is 18.2 Å². The molecule has 0 radical (unpaired) electrons. The number of fused-ring (bicyclic) bond motifs is 1. The lowest BCUT2D eigenvalue weighted by molar-refractivity contribution is 0.198. The first-order chi connectivity index (χ1) is 4.88. The summed E-state index contributed by atoms with van der Waals surface area (Å²) in [6.07, 6.45) is 3.22. The minimum atomic E-state index is 0.600. The van der Waals surface area contributed by atoms with Gasteiger partial charge in [0.15, 0.2) is 5.65 Å². The van der Waals surface area contributed by atoms with E-state index in [9.17, 15) is 0 Å². The van der Waals surface area contributed by atoms with Gasteiger partial charge in [0.2, 0.25) is 0 Å². The molecule has 3 nitrogen and oxygen atoms in total. The van der Waals surface area contributed by atoms with E-state index in [0.717, 1.165) is 10.1 Å². The van der Waals surface area contributed by atoms with Crippen molar-refractivity contribution in [3.8, 4) is 0 Å². The molecule has 3 heteroatoms. The van der Waals surface area contributed by atoms with E-state index in [4.69, 9.17) is 5.21 Å². The maximum Gasteiger partial charge on any atom is 0.175 e. The summed E-state index contributed by atoms with van der Waals surface area (Å²) in [7, 11) is 0. The summed E-state index contributed by atoms with van der Waals surface area (Å²) in [6.45, 7) is 0. The van der Waals surface area contributed by atoms with Crippen LogP contribution in [0.1, 0.15) is 0 Å². The van der Waals surface area contributed by atoms with Crippen LogP contribution in [0.25, 0.3) is 11.0 Å². The quantitative estimate of drug-likeness (QED) is 0.551. The molecule has 0 fully saturated rings.